The third-order valence-electron chi connectivity index (χ3n) is 2.68. The molecule has 0 aliphatic carbocycles. The van der Waals surface area contributed by atoms with Crippen molar-refractivity contribution < 1.29 is 13.9 Å². The number of ether oxygens (including phenoxy) is 1. The van der Waals surface area contributed by atoms with E-state index < -0.39 is 0 Å². The molecule has 0 bridgehead atoms. The summed E-state index contributed by atoms with van der Waals surface area (Å²) in [4.78, 5) is 10.6. The summed E-state index contributed by atoms with van der Waals surface area (Å²) in [6.07, 6.45) is 0.710. The van der Waals surface area contributed by atoms with Crippen LogP contribution in [0.25, 0.3) is 11.0 Å². The van der Waals surface area contributed by atoms with Crippen LogP contribution in [0.2, 0.25) is 0 Å². The molecule has 2 aromatic rings. The highest BCUT2D eigenvalue weighted by molar-refractivity contribution is 5.89. The smallest absolute Gasteiger partial charge is 0.185 e. The number of aryl methyl sites for hydroxylation is 1. The average molecular weight is 204 g/mol. The van der Waals surface area contributed by atoms with E-state index in [4.69, 9.17) is 9.15 Å². The van der Waals surface area contributed by atoms with Gasteiger partial charge in [-0.05, 0) is 37.1 Å². The topological polar surface area (TPSA) is 39.4 Å². The summed E-state index contributed by atoms with van der Waals surface area (Å²) in [6.45, 7) is 3.93. The second-order valence-electron chi connectivity index (χ2n) is 3.51. The summed E-state index contributed by atoms with van der Waals surface area (Å²) in [5, 5.41) is 0.900. The van der Waals surface area contributed by atoms with Crippen molar-refractivity contribution in [1.82, 2.24) is 0 Å². The third-order valence-corrected chi connectivity index (χ3v) is 2.68. The van der Waals surface area contributed by atoms with E-state index in [0.717, 1.165) is 27.8 Å². The van der Waals surface area contributed by atoms with Crippen LogP contribution in [0.15, 0.2) is 16.5 Å². The molecule has 0 radical (unpaired) electrons. The predicted molar refractivity (Wildman–Crippen MR) is 57.6 cm³/mol. The van der Waals surface area contributed by atoms with Crippen molar-refractivity contribution in [2.75, 3.05) is 7.11 Å². The van der Waals surface area contributed by atoms with Crippen LogP contribution in [0.4, 0.5) is 0 Å². The molecule has 1 aromatic heterocycles. The molecule has 0 N–H and O–H groups in total. The highest BCUT2D eigenvalue weighted by Gasteiger charge is 2.11. The Morgan fingerprint density at radius 3 is 2.60 bits per heavy atom. The van der Waals surface area contributed by atoms with Gasteiger partial charge in [-0.15, -0.1) is 0 Å². The lowest BCUT2D eigenvalue weighted by Gasteiger charge is -2.07. The number of benzene rings is 1. The molecule has 0 saturated carbocycles. The van der Waals surface area contributed by atoms with Crippen molar-refractivity contribution in [3.63, 3.8) is 0 Å². The zero-order valence-electron chi connectivity index (χ0n) is 8.96. The van der Waals surface area contributed by atoms with E-state index in [2.05, 4.69) is 0 Å². The predicted octanol–water partition coefficient (Wildman–Crippen LogP) is 2.87. The van der Waals surface area contributed by atoms with Crippen LogP contribution in [0, 0.1) is 13.8 Å². The maximum absolute atomic E-state index is 10.6. The quantitative estimate of drug-likeness (QED) is 0.706. The largest absolute Gasteiger partial charge is 0.496 e. The SMILES string of the molecule is COc1cc2cc(C=O)oc2c(C)c1C. The zero-order valence-corrected chi connectivity index (χ0v) is 8.96. The highest BCUT2D eigenvalue weighted by atomic mass is 16.5. The molecule has 1 aromatic carbocycles. The molecule has 3 heteroatoms. The summed E-state index contributed by atoms with van der Waals surface area (Å²) in [7, 11) is 1.63. The van der Waals surface area contributed by atoms with Crippen molar-refractivity contribution in [1.29, 1.82) is 0 Å². The lowest BCUT2D eigenvalue weighted by atomic mass is 10.1. The van der Waals surface area contributed by atoms with Gasteiger partial charge >= 0.3 is 0 Å². The summed E-state index contributed by atoms with van der Waals surface area (Å²) in [5.74, 6) is 1.17. The van der Waals surface area contributed by atoms with E-state index in [9.17, 15) is 4.79 Å². The first-order valence-electron chi connectivity index (χ1n) is 4.70. The van der Waals surface area contributed by atoms with Gasteiger partial charge in [-0.3, -0.25) is 4.79 Å². The van der Waals surface area contributed by atoms with E-state index in [1.165, 1.54) is 0 Å². The highest BCUT2D eigenvalue weighted by Crippen LogP contribution is 2.31. The minimum atomic E-state index is 0.348. The molecule has 0 aliphatic heterocycles. The van der Waals surface area contributed by atoms with Crippen molar-refractivity contribution in [3.05, 3.63) is 29.0 Å². The number of carbonyl (C=O) groups is 1. The molecular formula is C12H12O3. The van der Waals surface area contributed by atoms with Gasteiger partial charge in [-0.25, -0.2) is 0 Å². The number of furan rings is 1. The molecular weight excluding hydrogens is 192 g/mol. The van der Waals surface area contributed by atoms with E-state index in [-0.39, 0.29) is 0 Å². The van der Waals surface area contributed by atoms with E-state index >= 15 is 0 Å². The molecule has 15 heavy (non-hydrogen) atoms. The average Bonchev–Trinajstić information content (AvgIpc) is 2.66. The van der Waals surface area contributed by atoms with Gasteiger partial charge in [0, 0.05) is 5.39 Å². The van der Waals surface area contributed by atoms with Gasteiger partial charge in [0.05, 0.1) is 7.11 Å². The van der Waals surface area contributed by atoms with E-state index in [1.54, 1.807) is 13.2 Å². The first kappa shape index (κ1) is 9.77. The normalized spacial score (nSPS) is 10.6. The Morgan fingerprint density at radius 2 is 2.00 bits per heavy atom. The second kappa shape index (κ2) is 3.42. The van der Waals surface area contributed by atoms with Gasteiger partial charge in [0.1, 0.15) is 11.3 Å². The molecule has 1 heterocycles. The van der Waals surface area contributed by atoms with Crippen LogP contribution in [0.1, 0.15) is 21.7 Å². The van der Waals surface area contributed by atoms with E-state index in [0.29, 0.717) is 12.0 Å². The molecule has 0 fully saturated rings. The minimum absolute atomic E-state index is 0.348. The van der Waals surface area contributed by atoms with Gasteiger partial charge in [-0.2, -0.15) is 0 Å². The first-order valence-corrected chi connectivity index (χ1v) is 4.70. The number of methoxy groups -OCH3 is 1. The number of carbonyl (C=O) groups excluding carboxylic acids is 1. The Bertz CT molecular complexity index is 523. The van der Waals surface area contributed by atoms with Crippen LogP contribution in [0.3, 0.4) is 0 Å². The summed E-state index contributed by atoms with van der Waals surface area (Å²) >= 11 is 0. The summed E-state index contributed by atoms with van der Waals surface area (Å²) in [5.41, 5.74) is 2.81. The monoisotopic (exact) mass is 204 g/mol. The Labute approximate surface area is 87.6 Å². The summed E-state index contributed by atoms with van der Waals surface area (Å²) < 4.78 is 10.7. The van der Waals surface area contributed by atoms with Crippen molar-refractivity contribution in [2.45, 2.75) is 13.8 Å². The fourth-order valence-corrected chi connectivity index (χ4v) is 1.70. The standard InChI is InChI=1S/C12H12O3/c1-7-8(2)12-9(5-11(7)14-3)4-10(6-13)15-12/h4-6H,1-3H3. The maximum Gasteiger partial charge on any atom is 0.185 e. The fourth-order valence-electron chi connectivity index (χ4n) is 1.70. The molecule has 0 spiro atoms. The minimum Gasteiger partial charge on any atom is -0.496 e. The van der Waals surface area contributed by atoms with Gasteiger partial charge in [0.2, 0.25) is 0 Å². The Kier molecular flexibility index (Phi) is 2.23. The Morgan fingerprint density at radius 1 is 1.27 bits per heavy atom. The van der Waals surface area contributed by atoms with Crippen molar-refractivity contribution in [2.24, 2.45) is 0 Å². The Balaban J connectivity index is 2.81. The third kappa shape index (κ3) is 1.40. The first-order chi connectivity index (χ1) is 7.17. The van der Waals surface area contributed by atoms with Crippen LogP contribution in [-0.2, 0) is 0 Å². The number of hydrogen-bond donors (Lipinski definition) is 0. The van der Waals surface area contributed by atoms with Crippen molar-refractivity contribution in [3.8, 4) is 5.75 Å². The van der Waals surface area contributed by atoms with Gasteiger partial charge in [-0.1, -0.05) is 0 Å². The van der Waals surface area contributed by atoms with Gasteiger partial charge < -0.3 is 9.15 Å². The van der Waals surface area contributed by atoms with Gasteiger partial charge in [0.25, 0.3) is 0 Å². The Hall–Kier alpha value is -1.77. The molecule has 0 aliphatic rings. The molecule has 0 unspecified atom stereocenters. The lowest BCUT2D eigenvalue weighted by molar-refractivity contribution is 0.110. The van der Waals surface area contributed by atoms with Crippen LogP contribution < -0.4 is 4.74 Å². The molecule has 0 atom stereocenters. The number of fused-ring (bicyclic) bond motifs is 1. The number of hydrogen-bond acceptors (Lipinski definition) is 3. The lowest BCUT2D eigenvalue weighted by Crippen LogP contribution is -1.89. The molecule has 0 amide bonds. The summed E-state index contributed by atoms with van der Waals surface area (Å²) in [6, 6.07) is 3.60. The van der Waals surface area contributed by atoms with Crippen molar-refractivity contribution >= 4 is 17.3 Å². The van der Waals surface area contributed by atoms with Crippen LogP contribution in [0.5, 0.6) is 5.75 Å². The van der Waals surface area contributed by atoms with E-state index in [1.807, 2.05) is 19.9 Å². The van der Waals surface area contributed by atoms with Gasteiger partial charge in [0.15, 0.2) is 12.0 Å². The second-order valence-corrected chi connectivity index (χ2v) is 3.51. The zero-order chi connectivity index (χ0) is 11.0. The molecule has 3 nitrogen and oxygen atoms in total. The molecule has 78 valence electrons. The number of rotatable bonds is 2. The van der Waals surface area contributed by atoms with Crippen LogP contribution in [-0.4, -0.2) is 13.4 Å². The maximum atomic E-state index is 10.6. The molecule has 2 rings (SSSR count). The van der Waals surface area contributed by atoms with Crippen LogP contribution >= 0.6 is 0 Å². The molecule has 0 saturated heterocycles. The fraction of sp³-hybridized carbons (Fsp3) is 0.250. The number of aldehydes is 1.